The van der Waals surface area contributed by atoms with E-state index in [1.54, 1.807) is 18.1 Å². The van der Waals surface area contributed by atoms with E-state index in [4.69, 9.17) is 4.74 Å². The van der Waals surface area contributed by atoms with Crippen LogP contribution in [0.3, 0.4) is 0 Å². The molecule has 1 aliphatic heterocycles. The molecule has 3 atom stereocenters. The van der Waals surface area contributed by atoms with Crippen LogP contribution >= 0.6 is 0 Å². The van der Waals surface area contributed by atoms with Crippen LogP contribution in [0.4, 0.5) is 13.2 Å². The van der Waals surface area contributed by atoms with Crippen LogP contribution in [-0.2, 0) is 33.5 Å². The average Bonchev–Trinajstić information content (AvgIpc) is 3.73. The van der Waals surface area contributed by atoms with Crippen LogP contribution in [0.25, 0.3) is 0 Å². The Morgan fingerprint density at radius 3 is 2.44 bits per heavy atom. The number of methoxy groups -OCH3 is 1. The third-order valence-corrected chi connectivity index (χ3v) is 7.46. The van der Waals surface area contributed by atoms with E-state index in [1.807, 2.05) is 13.8 Å². The summed E-state index contributed by atoms with van der Waals surface area (Å²) in [4.78, 5) is 28.3. The topological polar surface area (TPSA) is 90.9 Å². The Kier molecular flexibility index (Phi) is 11.6. The number of hydrogen-bond acceptors (Lipinski definition) is 5. The second kappa shape index (κ2) is 14.5. The smallest absolute Gasteiger partial charge is 0.394 e. The number of alkyl halides is 3. The van der Waals surface area contributed by atoms with Gasteiger partial charge in [-0.25, -0.2) is 0 Å². The number of ether oxygens (including phenoxy) is 1. The standard InChI is InChI=1S/C29H44F3N3O4/c1-19(2)10-25(18-36)34-27(37)22-14-23(16-33-15-22)28(38)35(26-7-8-26)17-21-11-20(6-4-5-9-39-3)12-24(13-21)29(30,31)32/h11-13,19,22-23,25-26,33,36H,4-10,14-18H2,1-3H3,(H,34,37)/t22-,23+,25?/m0/s1. The number of piperidine rings is 1. The first kappa shape index (κ1) is 31.4. The Hall–Kier alpha value is -2.17. The number of halogens is 3. The zero-order chi connectivity index (χ0) is 28.6. The predicted octanol–water partition coefficient (Wildman–Crippen LogP) is 3.91. The summed E-state index contributed by atoms with van der Waals surface area (Å²) in [6, 6.07) is 3.81. The van der Waals surface area contributed by atoms with E-state index in [-0.39, 0.29) is 37.0 Å². The molecule has 0 spiro atoms. The molecular formula is C29H44F3N3O4. The molecule has 1 heterocycles. The molecule has 2 amide bonds. The van der Waals surface area contributed by atoms with Gasteiger partial charge in [0.25, 0.3) is 0 Å². The van der Waals surface area contributed by atoms with Crippen molar-refractivity contribution in [2.75, 3.05) is 33.4 Å². The van der Waals surface area contributed by atoms with Gasteiger partial charge in [-0.15, -0.1) is 0 Å². The van der Waals surface area contributed by atoms with Crippen LogP contribution < -0.4 is 10.6 Å². The lowest BCUT2D eigenvalue weighted by Crippen LogP contribution is -2.51. The highest BCUT2D eigenvalue weighted by molar-refractivity contribution is 5.83. The van der Waals surface area contributed by atoms with Crippen LogP contribution in [0.1, 0.15) is 69.1 Å². The van der Waals surface area contributed by atoms with E-state index in [9.17, 15) is 27.9 Å². The van der Waals surface area contributed by atoms with Crippen LogP contribution in [0.5, 0.6) is 0 Å². The lowest BCUT2D eigenvalue weighted by atomic mass is 9.88. The molecule has 220 valence electrons. The van der Waals surface area contributed by atoms with Gasteiger partial charge in [-0.2, -0.15) is 13.2 Å². The van der Waals surface area contributed by atoms with E-state index in [1.165, 1.54) is 6.07 Å². The van der Waals surface area contributed by atoms with E-state index < -0.39 is 23.6 Å². The van der Waals surface area contributed by atoms with Crippen molar-refractivity contribution >= 4 is 11.8 Å². The number of nitrogens with zero attached hydrogens (tertiary/aromatic N) is 1. The van der Waals surface area contributed by atoms with Crippen molar-refractivity contribution in [2.45, 2.75) is 83.6 Å². The highest BCUT2D eigenvalue weighted by atomic mass is 19.4. The van der Waals surface area contributed by atoms with Gasteiger partial charge in [-0.1, -0.05) is 19.9 Å². The lowest BCUT2D eigenvalue weighted by molar-refractivity contribution is -0.139. The molecule has 3 rings (SSSR count). The first-order valence-corrected chi connectivity index (χ1v) is 14.1. The number of aliphatic hydroxyl groups excluding tert-OH is 1. The molecule has 1 aliphatic carbocycles. The van der Waals surface area contributed by atoms with Crippen molar-refractivity contribution in [3.05, 3.63) is 34.9 Å². The van der Waals surface area contributed by atoms with Gasteiger partial charge in [0.2, 0.25) is 11.8 Å². The number of unbranched alkanes of at least 4 members (excludes halogenated alkanes) is 1. The third-order valence-electron chi connectivity index (χ3n) is 7.46. The van der Waals surface area contributed by atoms with Crippen LogP contribution in [-0.4, -0.2) is 67.3 Å². The van der Waals surface area contributed by atoms with Gasteiger partial charge in [0, 0.05) is 39.4 Å². The molecule has 10 heteroatoms. The summed E-state index contributed by atoms with van der Waals surface area (Å²) in [5, 5.41) is 15.8. The second-order valence-corrected chi connectivity index (χ2v) is 11.5. The maximum Gasteiger partial charge on any atom is 0.416 e. The molecule has 2 aliphatic rings. The molecule has 0 aromatic heterocycles. The molecule has 3 N–H and O–H groups in total. The largest absolute Gasteiger partial charge is 0.416 e. The first-order valence-electron chi connectivity index (χ1n) is 14.1. The number of aryl methyl sites for hydroxylation is 1. The minimum atomic E-state index is -4.47. The number of aliphatic hydroxyl groups is 1. The fourth-order valence-corrected chi connectivity index (χ4v) is 5.34. The summed E-state index contributed by atoms with van der Waals surface area (Å²) in [7, 11) is 1.60. The van der Waals surface area contributed by atoms with Gasteiger partial charge < -0.3 is 25.4 Å². The van der Waals surface area contributed by atoms with E-state index in [2.05, 4.69) is 10.6 Å². The normalized spacial score (nSPS) is 20.6. The van der Waals surface area contributed by atoms with Gasteiger partial charge >= 0.3 is 6.18 Å². The summed E-state index contributed by atoms with van der Waals surface area (Å²) in [5.74, 6) is -0.847. The molecule has 0 bridgehead atoms. The maximum atomic E-state index is 13.7. The van der Waals surface area contributed by atoms with Gasteiger partial charge in [0.05, 0.1) is 30.0 Å². The number of benzene rings is 1. The molecule has 1 unspecified atom stereocenters. The molecule has 0 radical (unpaired) electrons. The Morgan fingerprint density at radius 2 is 1.82 bits per heavy atom. The monoisotopic (exact) mass is 555 g/mol. The van der Waals surface area contributed by atoms with Gasteiger partial charge in [-0.3, -0.25) is 9.59 Å². The van der Waals surface area contributed by atoms with Crippen molar-refractivity contribution in [3.8, 4) is 0 Å². The number of nitrogens with one attached hydrogen (secondary N) is 2. The zero-order valence-electron chi connectivity index (χ0n) is 23.4. The Balaban J connectivity index is 1.71. The fraction of sp³-hybridized carbons (Fsp3) is 0.724. The zero-order valence-corrected chi connectivity index (χ0v) is 23.4. The van der Waals surface area contributed by atoms with Crippen LogP contribution in [0, 0.1) is 17.8 Å². The van der Waals surface area contributed by atoms with E-state index in [0.717, 1.165) is 25.3 Å². The minimum absolute atomic E-state index is 0.0104. The Morgan fingerprint density at radius 1 is 1.13 bits per heavy atom. The Labute approximate surface area is 229 Å². The van der Waals surface area contributed by atoms with E-state index >= 15 is 0 Å². The number of rotatable bonds is 14. The predicted molar refractivity (Wildman–Crippen MR) is 143 cm³/mol. The molecule has 1 saturated heterocycles. The summed E-state index contributed by atoms with van der Waals surface area (Å²) in [5.41, 5.74) is 0.389. The summed E-state index contributed by atoms with van der Waals surface area (Å²) in [6.07, 6.45) is 0.186. The second-order valence-electron chi connectivity index (χ2n) is 11.5. The quantitative estimate of drug-likeness (QED) is 0.303. The number of carbonyl (C=O) groups is 2. The summed E-state index contributed by atoms with van der Waals surface area (Å²) >= 11 is 0. The molecule has 1 aromatic rings. The molecular weight excluding hydrogens is 511 g/mol. The molecule has 1 aromatic carbocycles. The van der Waals surface area contributed by atoms with Gasteiger partial charge in [0.1, 0.15) is 0 Å². The maximum absolute atomic E-state index is 13.7. The van der Waals surface area contributed by atoms with Crippen molar-refractivity contribution < 1.29 is 32.6 Å². The average molecular weight is 556 g/mol. The minimum Gasteiger partial charge on any atom is -0.394 e. The summed E-state index contributed by atoms with van der Waals surface area (Å²) in [6.45, 7) is 5.44. The molecule has 39 heavy (non-hydrogen) atoms. The number of amides is 2. The highest BCUT2D eigenvalue weighted by Crippen LogP contribution is 2.34. The number of hydrogen-bond donors (Lipinski definition) is 3. The van der Waals surface area contributed by atoms with Gasteiger partial charge in [-0.05, 0) is 74.1 Å². The van der Waals surface area contributed by atoms with Crippen molar-refractivity contribution in [3.63, 3.8) is 0 Å². The molecule has 7 nitrogen and oxygen atoms in total. The van der Waals surface area contributed by atoms with Gasteiger partial charge in [0.15, 0.2) is 0 Å². The molecule has 1 saturated carbocycles. The van der Waals surface area contributed by atoms with E-state index in [0.29, 0.717) is 62.4 Å². The SMILES string of the molecule is COCCCCc1cc(CN(C(=O)[C@H]2CNC[C@@H](C(=O)NC(CO)CC(C)C)C2)C2CC2)cc(C(F)(F)F)c1. The third kappa shape index (κ3) is 9.76. The van der Waals surface area contributed by atoms with Crippen molar-refractivity contribution in [1.29, 1.82) is 0 Å². The van der Waals surface area contributed by atoms with Crippen molar-refractivity contribution in [2.24, 2.45) is 17.8 Å². The van der Waals surface area contributed by atoms with Crippen molar-refractivity contribution in [1.82, 2.24) is 15.5 Å². The lowest BCUT2D eigenvalue weighted by Gasteiger charge is -2.34. The first-order chi connectivity index (χ1) is 18.5. The highest BCUT2D eigenvalue weighted by Gasteiger charge is 2.39. The number of carbonyl (C=O) groups excluding carboxylic acids is 2. The Bertz CT molecular complexity index is 952. The van der Waals surface area contributed by atoms with Crippen LogP contribution in [0.2, 0.25) is 0 Å². The summed E-state index contributed by atoms with van der Waals surface area (Å²) < 4.78 is 46.1. The van der Waals surface area contributed by atoms with Crippen LogP contribution in [0.15, 0.2) is 18.2 Å². The molecule has 2 fully saturated rings. The fourth-order valence-electron chi connectivity index (χ4n) is 5.34.